The van der Waals surface area contributed by atoms with Gasteiger partial charge in [0, 0.05) is 71.9 Å². The Morgan fingerprint density at radius 1 is 0.449 bits per heavy atom. The summed E-state index contributed by atoms with van der Waals surface area (Å²) in [5.74, 6) is -0.767. The highest BCUT2D eigenvalue weighted by atomic mass is 16.6. The van der Waals surface area contributed by atoms with E-state index in [2.05, 4.69) is 42.5 Å². The molecule has 10 atom stereocenters. The van der Waals surface area contributed by atoms with Gasteiger partial charge in [0.25, 0.3) is 0 Å². The van der Waals surface area contributed by atoms with Gasteiger partial charge in [0.2, 0.25) is 11.8 Å². The predicted octanol–water partition coefficient (Wildman–Crippen LogP) is -4.19. The molecule has 2 fully saturated rings. The van der Waals surface area contributed by atoms with Crippen molar-refractivity contribution in [3.8, 4) is 0 Å². The lowest BCUT2D eigenvalue weighted by molar-refractivity contribution is -0.197. The quantitative estimate of drug-likeness (QED) is 0.0257. The van der Waals surface area contributed by atoms with E-state index in [1.54, 1.807) is 0 Å². The first-order valence-electron chi connectivity index (χ1n) is 27.2. The summed E-state index contributed by atoms with van der Waals surface area (Å²) in [6.07, 6.45) is -4.54. The first-order chi connectivity index (χ1) is 37.5. The fourth-order valence-corrected chi connectivity index (χ4v) is 8.51. The van der Waals surface area contributed by atoms with Crippen molar-refractivity contribution in [1.82, 2.24) is 42.5 Å². The van der Waals surface area contributed by atoms with Crippen LogP contribution >= 0.6 is 0 Å². The molecule has 2 rings (SSSR count). The van der Waals surface area contributed by atoms with Gasteiger partial charge in [-0.3, -0.25) is 9.59 Å². The van der Waals surface area contributed by atoms with E-state index in [0.29, 0.717) is 117 Å². The minimum atomic E-state index is -1.34. The molecule has 456 valence electrons. The van der Waals surface area contributed by atoms with Crippen molar-refractivity contribution >= 4 is 29.9 Å². The molecule has 8 amide bonds. The summed E-state index contributed by atoms with van der Waals surface area (Å²) in [5, 5.41) is 82.5. The molecule has 2 saturated heterocycles. The van der Waals surface area contributed by atoms with Gasteiger partial charge in [0.05, 0.1) is 117 Å². The number of aliphatic hydroxyl groups is 6. The third kappa shape index (κ3) is 31.2. The second-order valence-corrected chi connectivity index (χ2v) is 19.1. The summed E-state index contributed by atoms with van der Waals surface area (Å²) in [6.45, 7) is 10.0. The maximum atomic E-state index is 13.0. The van der Waals surface area contributed by atoms with Crippen LogP contribution in [0.2, 0.25) is 0 Å². The fraction of sp³-hybridized carbons (Fsp3) is 0.898. The van der Waals surface area contributed by atoms with E-state index >= 15 is 0 Å². The fourth-order valence-electron chi connectivity index (χ4n) is 8.51. The lowest BCUT2D eigenvalue weighted by Gasteiger charge is -2.42. The Kier molecular flexibility index (Phi) is 38.6. The van der Waals surface area contributed by atoms with Crippen LogP contribution in [-0.4, -0.2) is 272 Å². The number of aliphatic hydroxyl groups excluding tert-OH is 6. The largest absolute Gasteiger partial charge is 0.394 e. The molecule has 78 heavy (non-hydrogen) atoms. The molecule has 0 aromatic rings. The summed E-state index contributed by atoms with van der Waals surface area (Å²) in [6, 6.07) is -2.82. The number of nitrogens with two attached hydrogens (primary N) is 1. The van der Waals surface area contributed by atoms with Crippen molar-refractivity contribution < 1.29 is 97.2 Å². The summed E-state index contributed by atoms with van der Waals surface area (Å²) < 4.78 is 50.0. The average Bonchev–Trinajstić information content (AvgIpc) is 3.43. The van der Waals surface area contributed by atoms with Crippen molar-refractivity contribution in [2.24, 2.45) is 5.73 Å². The van der Waals surface area contributed by atoms with E-state index in [0.717, 1.165) is 0 Å². The first-order valence-corrected chi connectivity index (χ1v) is 27.2. The Balaban J connectivity index is 1.65. The third-order valence-electron chi connectivity index (χ3n) is 12.5. The van der Waals surface area contributed by atoms with Crippen LogP contribution in [0.15, 0.2) is 0 Å². The molecule has 0 saturated carbocycles. The summed E-state index contributed by atoms with van der Waals surface area (Å²) in [4.78, 5) is 61.3. The highest BCUT2D eigenvalue weighted by Crippen LogP contribution is 2.26. The van der Waals surface area contributed by atoms with Gasteiger partial charge < -0.3 is 122 Å². The molecule has 2 aliphatic rings. The molecular weight excluding hydrogens is 1030 g/mol. The van der Waals surface area contributed by atoms with Crippen LogP contribution < -0.4 is 48.3 Å². The van der Waals surface area contributed by atoms with Gasteiger partial charge in [0.1, 0.15) is 36.6 Å². The molecule has 0 aromatic carbocycles. The van der Waals surface area contributed by atoms with Crippen LogP contribution in [0.3, 0.4) is 0 Å². The van der Waals surface area contributed by atoms with E-state index in [1.807, 2.05) is 6.92 Å². The topological polar surface area (TPSA) is 412 Å². The second-order valence-electron chi connectivity index (χ2n) is 19.1. The minimum absolute atomic E-state index is 0.241. The van der Waals surface area contributed by atoms with Gasteiger partial charge in [-0.05, 0) is 58.3 Å². The summed E-state index contributed by atoms with van der Waals surface area (Å²) >= 11 is 0. The molecule has 2 heterocycles. The molecule has 0 spiro atoms. The van der Waals surface area contributed by atoms with Crippen molar-refractivity contribution in [2.75, 3.05) is 145 Å². The number of nitrogens with one attached hydrogen (secondary N) is 8. The van der Waals surface area contributed by atoms with Gasteiger partial charge in [-0.1, -0.05) is 0 Å². The zero-order valence-electron chi connectivity index (χ0n) is 46.0. The normalized spacial score (nSPS) is 23.9. The van der Waals surface area contributed by atoms with Gasteiger partial charge in [-0.25, -0.2) is 14.4 Å². The molecule has 0 aliphatic carbocycles. The van der Waals surface area contributed by atoms with Crippen LogP contribution in [0.25, 0.3) is 0 Å². The van der Waals surface area contributed by atoms with Crippen molar-refractivity contribution in [3.05, 3.63) is 0 Å². The minimum Gasteiger partial charge on any atom is -0.394 e. The Labute approximate surface area is 458 Å². The predicted molar refractivity (Wildman–Crippen MR) is 280 cm³/mol. The van der Waals surface area contributed by atoms with Crippen molar-refractivity contribution in [1.29, 1.82) is 0 Å². The molecule has 0 bridgehead atoms. The van der Waals surface area contributed by atoms with E-state index in [1.165, 1.54) is 13.8 Å². The van der Waals surface area contributed by atoms with Crippen LogP contribution in [0.5, 0.6) is 0 Å². The number of urea groups is 3. The van der Waals surface area contributed by atoms with Gasteiger partial charge in [0.15, 0.2) is 0 Å². The number of rotatable bonds is 44. The SMILES string of the molecule is CC(=O)N[C@@H]1[C@@H](O)[C@@H](O)[C@@H](CO)O[C@@H]1CCCOCCOCCNC(=O)NCCCC(C)(CCCNC(=O)NCCOCCOCCC[C@H]1O[C@H](CO)[C@H](O)[C@H](O)[C@H]1NC(C)=O)NC(=O)NCCOCCOCCOCCN. The smallest absolute Gasteiger partial charge is 0.315 e. The molecule has 29 nitrogen and oxygen atoms in total. The van der Waals surface area contributed by atoms with Gasteiger partial charge in [-0.2, -0.15) is 0 Å². The Hall–Kier alpha value is -3.89. The van der Waals surface area contributed by atoms with Gasteiger partial charge in [-0.15, -0.1) is 0 Å². The first kappa shape index (κ1) is 70.2. The van der Waals surface area contributed by atoms with Crippen molar-refractivity contribution in [2.45, 2.75) is 139 Å². The number of carbonyl (C=O) groups is 5. The molecule has 16 N–H and O–H groups in total. The van der Waals surface area contributed by atoms with Crippen LogP contribution in [-0.2, 0) is 52.2 Å². The number of amides is 8. The van der Waals surface area contributed by atoms with Crippen molar-refractivity contribution in [3.63, 3.8) is 0 Å². The number of carbonyl (C=O) groups excluding carboxylic acids is 5. The zero-order valence-corrected chi connectivity index (χ0v) is 46.0. The highest BCUT2D eigenvalue weighted by Gasteiger charge is 2.45. The lowest BCUT2D eigenvalue weighted by Crippen LogP contribution is -2.63. The monoisotopic (exact) mass is 1130 g/mol. The maximum absolute atomic E-state index is 13.0. The zero-order chi connectivity index (χ0) is 57.4. The van der Waals surface area contributed by atoms with E-state index in [9.17, 15) is 54.6 Å². The molecular formula is C49H95N9O20. The maximum Gasteiger partial charge on any atom is 0.315 e. The lowest BCUT2D eigenvalue weighted by atomic mass is 9.90. The Morgan fingerprint density at radius 2 is 0.782 bits per heavy atom. The highest BCUT2D eigenvalue weighted by molar-refractivity contribution is 5.75. The van der Waals surface area contributed by atoms with Crippen LogP contribution in [0, 0.1) is 0 Å². The molecule has 0 aromatic heterocycles. The van der Waals surface area contributed by atoms with Gasteiger partial charge >= 0.3 is 18.1 Å². The van der Waals surface area contributed by atoms with E-state index in [4.69, 9.17) is 48.4 Å². The summed E-state index contributed by atoms with van der Waals surface area (Å²) in [7, 11) is 0. The molecule has 0 unspecified atom stereocenters. The second kappa shape index (κ2) is 42.9. The van der Waals surface area contributed by atoms with E-state index in [-0.39, 0.29) is 89.8 Å². The molecule has 0 radical (unpaired) electrons. The van der Waals surface area contributed by atoms with Crippen LogP contribution in [0.1, 0.15) is 72.1 Å². The van der Waals surface area contributed by atoms with Crippen LogP contribution in [0.4, 0.5) is 14.4 Å². The number of ether oxygens (including phenoxy) is 9. The Morgan fingerprint density at radius 3 is 1.14 bits per heavy atom. The Bertz CT molecular complexity index is 1530. The number of hydrogen-bond donors (Lipinski definition) is 15. The summed E-state index contributed by atoms with van der Waals surface area (Å²) in [5.41, 5.74) is 4.69. The molecule has 29 heteroatoms. The average molecular weight is 1130 g/mol. The number of hydrogen-bond acceptors (Lipinski definition) is 21. The molecule has 2 aliphatic heterocycles. The third-order valence-corrected chi connectivity index (χ3v) is 12.5. The standard InChI is InChI=1S/C49H95N9O20/c1-34(61)56-40-36(77-38(32-59)42(63)44(40)65)8-4-18-70-24-27-73-21-15-53-46(67)51-13-6-10-49(3,58-48(69)55-17-23-75-29-31-76-30-26-72-20-12-50)11-7-14-52-47(68)54-16-22-74-28-25-71-19-5-9-37-41(57-35(2)62)45(66)43(64)39(33-60)78-37/h36-45,59-60,63-66H,4-33,50H2,1-3H3,(H,56,61)(H,57,62)(H2,51,53,67)(H2,52,54,68)(H2,55,58,69)/t36-,37-,38-,39-,40+,41+,42+,43+,44-,45-/m1/s1. The van der Waals surface area contributed by atoms with E-state index < -0.39 is 85.7 Å².